The van der Waals surface area contributed by atoms with Gasteiger partial charge >= 0.3 is 0 Å². The van der Waals surface area contributed by atoms with Gasteiger partial charge in [0, 0.05) is 6.07 Å². The molecule has 1 aromatic carbocycles. The first kappa shape index (κ1) is 17.8. The van der Waals surface area contributed by atoms with E-state index < -0.39 is 0 Å². The molecule has 0 fully saturated rings. The second-order valence-corrected chi connectivity index (χ2v) is 4.63. The summed E-state index contributed by atoms with van der Waals surface area (Å²) in [5, 5.41) is 0. The van der Waals surface area contributed by atoms with Crippen LogP contribution in [0.4, 0.5) is 0 Å². The molecule has 0 aliphatic rings. The Kier molecular flexibility index (Phi) is 10.1. The van der Waals surface area contributed by atoms with Gasteiger partial charge in [-0.2, -0.15) is 0 Å². The Hall–Kier alpha value is -2.22. The fourth-order valence-corrected chi connectivity index (χ4v) is 1.64. The van der Waals surface area contributed by atoms with E-state index in [-0.39, 0.29) is 0 Å². The zero-order valence-electron chi connectivity index (χ0n) is 13.6. The largest absolute Gasteiger partial charge is 0.489 e. The van der Waals surface area contributed by atoms with Crippen molar-refractivity contribution in [2.45, 2.75) is 26.7 Å². The van der Waals surface area contributed by atoms with Crippen LogP contribution in [0.2, 0.25) is 0 Å². The molecular formula is C20H26O2. The Labute approximate surface area is 134 Å². The minimum Gasteiger partial charge on any atom is -0.489 e. The molecule has 0 saturated carbocycles. The van der Waals surface area contributed by atoms with Crippen molar-refractivity contribution in [1.82, 2.24) is 0 Å². The minimum atomic E-state index is 0.555. The molecule has 0 aromatic heterocycles. The quantitative estimate of drug-likeness (QED) is 0.532. The molecule has 0 N–H and O–H groups in total. The lowest BCUT2D eigenvalue weighted by molar-refractivity contribution is 0.344. The molecule has 0 saturated heterocycles. The monoisotopic (exact) mass is 298 g/mol. The SMILES string of the molecule is CCC=CC=CCOc1cccc(OCC=CC=CCC)c1. The summed E-state index contributed by atoms with van der Waals surface area (Å²) in [7, 11) is 0. The van der Waals surface area contributed by atoms with Crippen LogP contribution in [0.5, 0.6) is 11.5 Å². The lowest BCUT2D eigenvalue weighted by atomic mass is 10.3. The van der Waals surface area contributed by atoms with Gasteiger partial charge in [-0.1, -0.05) is 56.4 Å². The molecule has 0 unspecified atom stereocenters. The maximum Gasteiger partial charge on any atom is 0.123 e. The molecule has 0 aliphatic heterocycles. The van der Waals surface area contributed by atoms with Crippen LogP contribution in [0.15, 0.2) is 72.9 Å². The van der Waals surface area contributed by atoms with Crippen molar-refractivity contribution in [3.63, 3.8) is 0 Å². The first-order valence-electron chi connectivity index (χ1n) is 7.85. The summed E-state index contributed by atoms with van der Waals surface area (Å²) in [5.41, 5.74) is 0. The van der Waals surface area contributed by atoms with Crippen molar-refractivity contribution in [3.8, 4) is 11.5 Å². The summed E-state index contributed by atoms with van der Waals surface area (Å²) >= 11 is 0. The van der Waals surface area contributed by atoms with E-state index in [1.807, 2.05) is 60.7 Å². The topological polar surface area (TPSA) is 18.5 Å². The van der Waals surface area contributed by atoms with Gasteiger partial charge in [0.25, 0.3) is 0 Å². The van der Waals surface area contributed by atoms with Crippen LogP contribution in [0, 0.1) is 0 Å². The number of hydrogen-bond donors (Lipinski definition) is 0. The summed E-state index contributed by atoms with van der Waals surface area (Å²) in [5.74, 6) is 1.63. The highest BCUT2D eigenvalue weighted by Crippen LogP contribution is 2.19. The Morgan fingerprint density at radius 2 is 1.18 bits per heavy atom. The van der Waals surface area contributed by atoms with Gasteiger partial charge < -0.3 is 9.47 Å². The van der Waals surface area contributed by atoms with Gasteiger partial charge in [0.1, 0.15) is 24.7 Å². The molecule has 0 bridgehead atoms. The van der Waals surface area contributed by atoms with Gasteiger partial charge in [0.2, 0.25) is 0 Å². The van der Waals surface area contributed by atoms with Crippen LogP contribution in [-0.4, -0.2) is 13.2 Å². The second-order valence-electron chi connectivity index (χ2n) is 4.63. The highest BCUT2D eigenvalue weighted by molar-refractivity contribution is 5.33. The van der Waals surface area contributed by atoms with E-state index in [9.17, 15) is 0 Å². The molecule has 0 radical (unpaired) electrons. The number of rotatable bonds is 10. The van der Waals surface area contributed by atoms with Crippen molar-refractivity contribution in [2.75, 3.05) is 13.2 Å². The summed E-state index contributed by atoms with van der Waals surface area (Å²) < 4.78 is 11.3. The standard InChI is InChI=1S/C20H26O2/c1-3-5-7-9-11-16-21-19-14-13-15-20(18-19)22-17-12-10-8-6-4-2/h5-15,18H,3-4,16-17H2,1-2H3. The van der Waals surface area contributed by atoms with Crippen molar-refractivity contribution in [3.05, 3.63) is 72.9 Å². The highest BCUT2D eigenvalue weighted by atomic mass is 16.5. The van der Waals surface area contributed by atoms with Crippen molar-refractivity contribution >= 4 is 0 Å². The summed E-state index contributed by atoms with van der Waals surface area (Å²) in [6, 6.07) is 7.71. The molecule has 22 heavy (non-hydrogen) atoms. The fourth-order valence-electron chi connectivity index (χ4n) is 1.64. The van der Waals surface area contributed by atoms with E-state index in [2.05, 4.69) is 26.0 Å². The summed E-state index contributed by atoms with van der Waals surface area (Å²) in [4.78, 5) is 0. The lowest BCUT2D eigenvalue weighted by Crippen LogP contribution is -1.96. The summed E-state index contributed by atoms with van der Waals surface area (Å²) in [6.07, 6.45) is 18.3. The maximum atomic E-state index is 5.66. The van der Waals surface area contributed by atoms with Crippen molar-refractivity contribution in [2.24, 2.45) is 0 Å². The van der Waals surface area contributed by atoms with Gasteiger partial charge in [-0.15, -0.1) is 0 Å². The lowest BCUT2D eigenvalue weighted by Gasteiger charge is -2.06. The molecular weight excluding hydrogens is 272 g/mol. The fraction of sp³-hybridized carbons (Fsp3) is 0.300. The predicted octanol–water partition coefficient (Wildman–Crippen LogP) is 5.49. The van der Waals surface area contributed by atoms with E-state index in [0.29, 0.717) is 13.2 Å². The highest BCUT2D eigenvalue weighted by Gasteiger charge is 1.96. The van der Waals surface area contributed by atoms with E-state index >= 15 is 0 Å². The van der Waals surface area contributed by atoms with Crippen LogP contribution >= 0.6 is 0 Å². The zero-order valence-corrected chi connectivity index (χ0v) is 13.6. The van der Waals surface area contributed by atoms with E-state index in [0.717, 1.165) is 24.3 Å². The smallest absolute Gasteiger partial charge is 0.123 e. The average Bonchev–Trinajstić information content (AvgIpc) is 2.54. The average molecular weight is 298 g/mol. The maximum absolute atomic E-state index is 5.66. The molecule has 2 nitrogen and oxygen atoms in total. The minimum absolute atomic E-state index is 0.555. The third kappa shape index (κ3) is 8.85. The van der Waals surface area contributed by atoms with Crippen LogP contribution in [0.1, 0.15) is 26.7 Å². The second kappa shape index (κ2) is 12.5. The van der Waals surface area contributed by atoms with E-state index in [1.54, 1.807) is 0 Å². The van der Waals surface area contributed by atoms with Gasteiger partial charge in [-0.3, -0.25) is 0 Å². The number of hydrogen-bond acceptors (Lipinski definition) is 2. The summed E-state index contributed by atoms with van der Waals surface area (Å²) in [6.45, 7) is 5.34. The molecule has 1 rings (SSSR count). The van der Waals surface area contributed by atoms with Gasteiger partial charge in [-0.05, 0) is 37.1 Å². The zero-order chi connectivity index (χ0) is 15.9. The third-order valence-electron chi connectivity index (χ3n) is 2.74. The van der Waals surface area contributed by atoms with Gasteiger partial charge in [-0.25, -0.2) is 0 Å². The molecule has 0 atom stereocenters. The molecule has 0 amide bonds. The van der Waals surface area contributed by atoms with Crippen LogP contribution in [0.3, 0.4) is 0 Å². The number of benzene rings is 1. The van der Waals surface area contributed by atoms with E-state index in [1.165, 1.54) is 0 Å². The van der Waals surface area contributed by atoms with Crippen LogP contribution < -0.4 is 9.47 Å². The Balaban J connectivity index is 2.35. The molecule has 0 aliphatic carbocycles. The van der Waals surface area contributed by atoms with Crippen LogP contribution in [-0.2, 0) is 0 Å². The van der Waals surface area contributed by atoms with Crippen molar-refractivity contribution in [1.29, 1.82) is 0 Å². The van der Waals surface area contributed by atoms with Gasteiger partial charge in [0.05, 0.1) is 0 Å². The Morgan fingerprint density at radius 3 is 1.64 bits per heavy atom. The first-order valence-corrected chi connectivity index (χ1v) is 7.85. The molecule has 0 heterocycles. The number of ether oxygens (including phenoxy) is 2. The number of allylic oxidation sites excluding steroid dienone is 6. The van der Waals surface area contributed by atoms with Crippen LogP contribution in [0.25, 0.3) is 0 Å². The normalized spacial score (nSPS) is 12.1. The van der Waals surface area contributed by atoms with Crippen molar-refractivity contribution < 1.29 is 9.47 Å². The molecule has 1 aromatic rings. The Morgan fingerprint density at radius 1 is 0.727 bits per heavy atom. The molecule has 2 heteroatoms. The molecule has 118 valence electrons. The predicted molar refractivity (Wildman–Crippen MR) is 94.6 cm³/mol. The first-order chi connectivity index (χ1) is 10.9. The Bertz CT molecular complexity index is 467. The third-order valence-corrected chi connectivity index (χ3v) is 2.74. The van der Waals surface area contributed by atoms with E-state index in [4.69, 9.17) is 9.47 Å². The van der Waals surface area contributed by atoms with Gasteiger partial charge in [0.15, 0.2) is 0 Å². The molecule has 0 spiro atoms.